The van der Waals surface area contributed by atoms with Crippen LogP contribution in [-0.2, 0) is 4.79 Å². The molecule has 3 aliphatic heterocycles. The van der Waals surface area contributed by atoms with Gasteiger partial charge in [0.05, 0.1) is 11.4 Å². The molecule has 2 N–H and O–H groups in total. The lowest BCUT2D eigenvalue weighted by Crippen LogP contribution is -2.48. The maximum atomic E-state index is 13.6. The number of carbonyl (C=O) groups excluding carboxylic acids is 2. The lowest BCUT2D eigenvalue weighted by molar-refractivity contribution is -0.120. The summed E-state index contributed by atoms with van der Waals surface area (Å²) in [5, 5.41) is 5.74. The molecule has 2 aromatic carbocycles. The molecule has 2 aromatic rings. The highest BCUT2D eigenvalue weighted by atomic mass is 16.2. The molecule has 8 nitrogen and oxygen atoms in total. The second-order valence-electron chi connectivity index (χ2n) is 11.2. The van der Waals surface area contributed by atoms with Gasteiger partial charge in [0, 0.05) is 49.0 Å². The number of nitrogens with one attached hydrogen (secondary N) is 2. The molecule has 2 saturated heterocycles. The number of carbonyl (C=O) groups is 2. The van der Waals surface area contributed by atoms with Crippen LogP contribution in [0, 0.1) is 0 Å². The molecular formula is C33H44N6O2. The Bertz CT molecular complexity index is 1240. The van der Waals surface area contributed by atoms with Gasteiger partial charge < -0.3 is 25.3 Å². The van der Waals surface area contributed by atoms with Gasteiger partial charge in [-0.25, -0.2) is 4.79 Å². The van der Waals surface area contributed by atoms with Gasteiger partial charge in [-0.2, -0.15) is 0 Å². The average Bonchev–Trinajstić information content (AvgIpc) is 3.12. The molecular weight excluding hydrogens is 512 g/mol. The Kier molecular flexibility index (Phi) is 9.72. The SMILES string of the molecule is C/C=C/CC1=NC(NC(=O)Nc2ccc(N3CCC(N4CCCCC4)CC3)cc2)C(=O)N(CCC)c2ccccc21. The molecule has 218 valence electrons. The van der Waals surface area contributed by atoms with Crippen molar-refractivity contribution in [1.29, 1.82) is 0 Å². The monoisotopic (exact) mass is 556 g/mol. The third kappa shape index (κ3) is 6.99. The first-order valence-electron chi connectivity index (χ1n) is 15.3. The van der Waals surface area contributed by atoms with Crippen molar-refractivity contribution >= 4 is 34.7 Å². The van der Waals surface area contributed by atoms with Crippen LogP contribution in [0.5, 0.6) is 0 Å². The van der Waals surface area contributed by atoms with E-state index < -0.39 is 12.2 Å². The topological polar surface area (TPSA) is 80.3 Å². The van der Waals surface area contributed by atoms with Gasteiger partial charge in [0.15, 0.2) is 0 Å². The van der Waals surface area contributed by atoms with Gasteiger partial charge >= 0.3 is 6.03 Å². The number of amides is 3. The summed E-state index contributed by atoms with van der Waals surface area (Å²) in [6.45, 7) is 9.18. The number of fused-ring (bicyclic) bond motifs is 1. The molecule has 41 heavy (non-hydrogen) atoms. The fourth-order valence-electron chi connectivity index (χ4n) is 6.26. The number of benzene rings is 2. The zero-order valence-corrected chi connectivity index (χ0v) is 24.5. The summed E-state index contributed by atoms with van der Waals surface area (Å²) >= 11 is 0. The van der Waals surface area contributed by atoms with E-state index in [1.807, 2.05) is 62.4 Å². The van der Waals surface area contributed by atoms with E-state index in [1.165, 1.54) is 50.9 Å². The maximum Gasteiger partial charge on any atom is 0.321 e. The molecule has 1 atom stereocenters. The Balaban J connectivity index is 1.22. The molecule has 0 aliphatic carbocycles. The number of hydrogen-bond acceptors (Lipinski definition) is 5. The Hall–Kier alpha value is -3.65. The fraction of sp³-hybridized carbons (Fsp3) is 0.485. The van der Waals surface area contributed by atoms with E-state index in [0.29, 0.717) is 24.7 Å². The summed E-state index contributed by atoms with van der Waals surface area (Å²) in [6, 6.07) is 16.1. The summed E-state index contributed by atoms with van der Waals surface area (Å²) in [4.78, 5) is 38.3. The molecule has 3 amide bonds. The van der Waals surface area contributed by atoms with Crippen molar-refractivity contribution in [3.63, 3.8) is 0 Å². The highest BCUT2D eigenvalue weighted by Gasteiger charge is 2.32. The molecule has 3 heterocycles. The van der Waals surface area contributed by atoms with Crippen LogP contribution in [0.1, 0.15) is 64.4 Å². The molecule has 2 fully saturated rings. The summed E-state index contributed by atoms with van der Waals surface area (Å²) in [7, 11) is 0. The second-order valence-corrected chi connectivity index (χ2v) is 11.2. The van der Waals surface area contributed by atoms with Gasteiger partial charge in [0.2, 0.25) is 6.17 Å². The highest BCUT2D eigenvalue weighted by molar-refractivity contribution is 6.13. The average molecular weight is 557 g/mol. The minimum absolute atomic E-state index is 0.228. The summed E-state index contributed by atoms with van der Waals surface area (Å²) in [5.41, 5.74) is 4.40. The standard InChI is InChI=1S/C33H44N6O2/c1-3-5-12-29-28-11-7-8-13-30(28)39(20-4-2)32(40)31(35-29)36-33(41)34-25-14-16-26(17-15-25)38-23-18-27(19-24-38)37-21-9-6-10-22-37/h3,5,7-8,11,13-17,27,31H,4,6,9-10,12,18-24H2,1-2H3,(H2,34,36,41)/b5-3+. The molecule has 5 rings (SSSR count). The van der Waals surface area contributed by atoms with E-state index in [9.17, 15) is 9.59 Å². The molecule has 0 saturated carbocycles. The normalized spacial score (nSPS) is 20.5. The number of urea groups is 1. The fourth-order valence-corrected chi connectivity index (χ4v) is 6.26. The van der Waals surface area contributed by atoms with Gasteiger partial charge in [-0.05, 0) is 82.4 Å². The summed E-state index contributed by atoms with van der Waals surface area (Å²) in [6.07, 6.45) is 10.8. The van der Waals surface area contributed by atoms with Crippen LogP contribution in [0.2, 0.25) is 0 Å². The zero-order valence-electron chi connectivity index (χ0n) is 24.5. The Morgan fingerprint density at radius 1 is 1.00 bits per heavy atom. The molecule has 0 spiro atoms. The number of likely N-dealkylation sites (tertiary alicyclic amines) is 1. The molecule has 1 unspecified atom stereocenters. The lowest BCUT2D eigenvalue weighted by atomic mass is 9.99. The Morgan fingerprint density at radius 2 is 1.73 bits per heavy atom. The van der Waals surface area contributed by atoms with Crippen LogP contribution < -0.4 is 20.4 Å². The third-order valence-corrected chi connectivity index (χ3v) is 8.41. The van der Waals surface area contributed by atoms with Crippen LogP contribution in [0.3, 0.4) is 0 Å². The molecule has 3 aliphatic rings. The summed E-state index contributed by atoms with van der Waals surface area (Å²) < 4.78 is 0. The minimum atomic E-state index is -1.00. The van der Waals surface area contributed by atoms with E-state index in [-0.39, 0.29) is 5.91 Å². The van der Waals surface area contributed by atoms with Gasteiger partial charge in [0.25, 0.3) is 5.91 Å². The van der Waals surface area contributed by atoms with Crippen molar-refractivity contribution < 1.29 is 9.59 Å². The number of rotatable bonds is 8. The van der Waals surface area contributed by atoms with Gasteiger partial charge in [-0.3, -0.25) is 9.79 Å². The van der Waals surface area contributed by atoms with Crippen LogP contribution in [-0.4, -0.2) is 67.5 Å². The number of aliphatic imine (C=N–C) groups is 1. The Morgan fingerprint density at radius 3 is 2.44 bits per heavy atom. The summed E-state index contributed by atoms with van der Waals surface area (Å²) in [5.74, 6) is -0.228. The van der Waals surface area contributed by atoms with E-state index in [0.717, 1.165) is 36.5 Å². The number of hydrogen-bond donors (Lipinski definition) is 2. The van der Waals surface area contributed by atoms with Crippen molar-refractivity contribution in [2.45, 2.75) is 71.0 Å². The molecule has 0 aromatic heterocycles. The largest absolute Gasteiger partial charge is 0.371 e. The van der Waals surface area contributed by atoms with Crippen LogP contribution >= 0.6 is 0 Å². The number of benzodiazepines with no additional fused rings is 1. The van der Waals surface area contributed by atoms with E-state index in [4.69, 9.17) is 4.99 Å². The van der Waals surface area contributed by atoms with Crippen molar-refractivity contribution in [2.24, 2.45) is 4.99 Å². The van der Waals surface area contributed by atoms with Gasteiger partial charge in [-0.15, -0.1) is 0 Å². The first-order valence-corrected chi connectivity index (χ1v) is 15.3. The Labute approximate surface area is 244 Å². The lowest BCUT2D eigenvalue weighted by Gasteiger charge is -2.41. The van der Waals surface area contributed by atoms with Crippen LogP contribution in [0.25, 0.3) is 0 Å². The van der Waals surface area contributed by atoms with Crippen LogP contribution in [0.15, 0.2) is 65.7 Å². The molecule has 0 radical (unpaired) electrons. The van der Waals surface area contributed by atoms with Crippen molar-refractivity contribution in [2.75, 3.05) is 47.8 Å². The van der Waals surface area contributed by atoms with E-state index in [1.54, 1.807) is 4.90 Å². The number of allylic oxidation sites excluding steroid dienone is 2. The van der Waals surface area contributed by atoms with Crippen LogP contribution in [0.4, 0.5) is 21.9 Å². The van der Waals surface area contributed by atoms with Gasteiger partial charge in [-0.1, -0.05) is 43.7 Å². The van der Waals surface area contributed by atoms with E-state index >= 15 is 0 Å². The minimum Gasteiger partial charge on any atom is -0.371 e. The maximum absolute atomic E-state index is 13.6. The van der Waals surface area contributed by atoms with Crippen molar-refractivity contribution in [3.8, 4) is 0 Å². The van der Waals surface area contributed by atoms with Crippen molar-refractivity contribution in [1.82, 2.24) is 10.2 Å². The first kappa shape index (κ1) is 28.9. The highest BCUT2D eigenvalue weighted by Crippen LogP contribution is 2.28. The number of piperidine rings is 2. The molecule has 8 heteroatoms. The quantitative estimate of drug-likeness (QED) is 0.403. The number of para-hydroxylation sites is 1. The zero-order chi connectivity index (χ0) is 28.6. The predicted molar refractivity (Wildman–Crippen MR) is 168 cm³/mol. The van der Waals surface area contributed by atoms with Crippen molar-refractivity contribution in [3.05, 3.63) is 66.2 Å². The first-order chi connectivity index (χ1) is 20.1. The molecule has 0 bridgehead atoms. The second kappa shape index (κ2) is 13.8. The van der Waals surface area contributed by atoms with E-state index in [2.05, 4.69) is 32.6 Å². The van der Waals surface area contributed by atoms with Gasteiger partial charge in [0.1, 0.15) is 0 Å². The number of anilines is 3. The smallest absolute Gasteiger partial charge is 0.321 e. The number of nitrogens with zero attached hydrogens (tertiary/aromatic N) is 4. The third-order valence-electron chi connectivity index (χ3n) is 8.41. The predicted octanol–water partition coefficient (Wildman–Crippen LogP) is 5.80.